The van der Waals surface area contributed by atoms with Gasteiger partial charge in [0.1, 0.15) is 15.4 Å². The maximum absolute atomic E-state index is 12.1. The number of methoxy groups -OCH3 is 1. The predicted octanol–water partition coefficient (Wildman–Crippen LogP) is 1.66. The molecule has 116 valence electrons. The number of carbonyl (C=O) groups excluding carboxylic acids is 1. The summed E-state index contributed by atoms with van der Waals surface area (Å²) in [4.78, 5) is 12.1. The second-order valence-electron chi connectivity index (χ2n) is 5.21. The first-order valence-electron chi connectivity index (χ1n) is 6.65. The molecule has 0 spiro atoms. The summed E-state index contributed by atoms with van der Waals surface area (Å²) in [7, 11) is -1.71. The van der Waals surface area contributed by atoms with Crippen LogP contribution in [0.3, 0.4) is 0 Å². The highest BCUT2D eigenvalue weighted by Gasteiger charge is 2.44. The molecule has 0 aromatic heterocycles. The molecule has 5 nitrogen and oxygen atoms in total. The Balaban J connectivity index is 2.10. The molecule has 1 heterocycles. The number of sulfone groups is 1. The van der Waals surface area contributed by atoms with Crippen LogP contribution in [0.4, 0.5) is 0 Å². The van der Waals surface area contributed by atoms with E-state index in [2.05, 4.69) is 21.2 Å². The van der Waals surface area contributed by atoms with E-state index in [1.165, 1.54) is 7.11 Å². The molecule has 1 aliphatic rings. The number of hydrogen-bond acceptors (Lipinski definition) is 5. The van der Waals surface area contributed by atoms with Gasteiger partial charge in [0.25, 0.3) is 0 Å². The summed E-state index contributed by atoms with van der Waals surface area (Å²) in [5.41, 5.74) is 0.113. The van der Waals surface area contributed by atoms with E-state index < -0.39 is 21.3 Å². The summed E-state index contributed by atoms with van der Waals surface area (Å²) in [5.74, 6) is -0.375. The van der Waals surface area contributed by atoms with Crippen molar-refractivity contribution >= 4 is 31.7 Å². The number of hydrogen-bond donors (Lipinski definition) is 1. The summed E-state index contributed by atoms with van der Waals surface area (Å²) in [6.07, 6.45) is 0.497. The fourth-order valence-corrected chi connectivity index (χ4v) is 4.20. The van der Waals surface area contributed by atoms with Gasteiger partial charge in [0.15, 0.2) is 0 Å². The van der Waals surface area contributed by atoms with Gasteiger partial charge in [-0.25, -0.2) is 8.42 Å². The molecule has 0 unspecified atom stereocenters. The molecule has 1 N–H and O–H groups in total. The van der Waals surface area contributed by atoms with Crippen molar-refractivity contribution in [1.82, 2.24) is 5.32 Å². The Bertz CT molecular complexity index is 598. The molecule has 21 heavy (non-hydrogen) atoms. The molecule has 0 aliphatic carbocycles. The minimum Gasteiger partial charge on any atom is -0.468 e. The van der Waals surface area contributed by atoms with Gasteiger partial charge < -0.3 is 4.74 Å². The number of ether oxygens (including phenoxy) is 1. The van der Waals surface area contributed by atoms with E-state index in [9.17, 15) is 13.2 Å². The SMILES string of the molecule is COC(=O)C1(NCc2ccc(Br)cc2)CCS(=O)(=O)CC1. The average molecular weight is 376 g/mol. The zero-order chi connectivity index (χ0) is 15.5. The largest absolute Gasteiger partial charge is 0.468 e. The quantitative estimate of drug-likeness (QED) is 0.810. The van der Waals surface area contributed by atoms with E-state index in [0.717, 1.165) is 10.0 Å². The standard InChI is InChI=1S/C14H18BrNO4S/c1-20-13(17)14(6-8-21(18,19)9-7-14)16-10-11-2-4-12(15)5-3-11/h2-5,16H,6-10H2,1H3. The van der Waals surface area contributed by atoms with E-state index in [0.29, 0.717) is 6.54 Å². The number of rotatable bonds is 4. The average Bonchev–Trinajstić information content (AvgIpc) is 2.47. The van der Waals surface area contributed by atoms with Crippen LogP contribution >= 0.6 is 15.9 Å². The van der Waals surface area contributed by atoms with Gasteiger partial charge in [0, 0.05) is 11.0 Å². The molecule has 1 aromatic carbocycles. The molecular weight excluding hydrogens is 358 g/mol. The lowest BCUT2D eigenvalue weighted by Crippen LogP contribution is -2.56. The van der Waals surface area contributed by atoms with Crippen LogP contribution in [0.2, 0.25) is 0 Å². The first-order chi connectivity index (χ1) is 9.87. The lowest BCUT2D eigenvalue weighted by atomic mass is 9.92. The summed E-state index contributed by atoms with van der Waals surface area (Å²) >= 11 is 3.37. The molecule has 1 aromatic rings. The van der Waals surface area contributed by atoms with Crippen LogP contribution < -0.4 is 5.32 Å². The fourth-order valence-electron chi connectivity index (χ4n) is 2.41. The molecule has 0 atom stereocenters. The molecule has 1 fully saturated rings. The van der Waals surface area contributed by atoms with Crippen LogP contribution in [0.15, 0.2) is 28.7 Å². The van der Waals surface area contributed by atoms with E-state index >= 15 is 0 Å². The second kappa shape index (κ2) is 6.46. The van der Waals surface area contributed by atoms with E-state index in [-0.39, 0.29) is 24.3 Å². The Labute approximate surface area is 133 Å². The van der Waals surface area contributed by atoms with Crippen LogP contribution in [0, 0.1) is 0 Å². The van der Waals surface area contributed by atoms with Crippen molar-refractivity contribution in [2.75, 3.05) is 18.6 Å². The summed E-state index contributed by atoms with van der Waals surface area (Å²) in [5, 5.41) is 3.21. The number of benzene rings is 1. The number of nitrogens with one attached hydrogen (secondary N) is 1. The number of esters is 1. The Kier molecular flexibility index (Phi) is 5.06. The van der Waals surface area contributed by atoms with Gasteiger partial charge in [-0.3, -0.25) is 10.1 Å². The molecule has 1 aliphatic heterocycles. The Morgan fingerprint density at radius 3 is 2.38 bits per heavy atom. The van der Waals surface area contributed by atoms with Gasteiger partial charge in [-0.2, -0.15) is 0 Å². The zero-order valence-corrected chi connectivity index (χ0v) is 14.2. The molecular formula is C14H18BrNO4S. The third-order valence-corrected chi connectivity index (χ3v) is 5.98. The Morgan fingerprint density at radius 1 is 1.29 bits per heavy atom. The van der Waals surface area contributed by atoms with Gasteiger partial charge in [0.2, 0.25) is 0 Å². The molecule has 0 saturated carbocycles. The van der Waals surface area contributed by atoms with Crippen molar-refractivity contribution in [3.05, 3.63) is 34.3 Å². The third-order valence-electron chi connectivity index (χ3n) is 3.80. The van der Waals surface area contributed by atoms with Gasteiger partial charge >= 0.3 is 5.97 Å². The summed E-state index contributed by atoms with van der Waals surface area (Å²) < 4.78 is 29.0. The predicted molar refractivity (Wildman–Crippen MR) is 83.6 cm³/mol. The fraction of sp³-hybridized carbons (Fsp3) is 0.500. The number of halogens is 1. The first-order valence-corrected chi connectivity index (χ1v) is 9.27. The smallest absolute Gasteiger partial charge is 0.326 e. The Morgan fingerprint density at radius 2 is 1.86 bits per heavy atom. The Hall–Kier alpha value is -0.920. The normalized spacial score (nSPS) is 19.9. The van der Waals surface area contributed by atoms with Crippen LogP contribution in [-0.4, -0.2) is 38.5 Å². The van der Waals surface area contributed by atoms with Gasteiger partial charge in [-0.05, 0) is 30.5 Å². The lowest BCUT2D eigenvalue weighted by Gasteiger charge is -2.35. The highest BCUT2D eigenvalue weighted by atomic mass is 79.9. The van der Waals surface area contributed by atoms with Crippen molar-refractivity contribution in [3.8, 4) is 0 Å². The molecule has 0 bridgehead atoms. The van der Waals surface area contributed by atoms with Crippen molar-refractivity contribution in [3.63, 3.8) is 0 Å². The molecule has 0 radical (unpaired) electrons. The summed E-state index contributed by atoms with van der Waals surface area (Å²) in [6.45, 7) is 0.489. The van der Waals surface area contributed by atoms with E-state index in [4.69, 9.17) is 4.74 Å². The van der Waals surface area contributed by atoms with Crippen LogP contribution in [0.25, 0.3) is 0 Å². The van der Waals surface area contributed by atoms with Crippen LogP contribution in [0.1, 0.15) is 18.4 Å². The van der Waals surface area contributed by atoms with Crippen molar-refractivity contribution in [2.45, 2.75) is 24.9 Å². The number of carbonyl (C=O) groups is 1. The maximum Gasteiger partial charge on any atom is 0.326 e. The third kappa shape index (κ3) is 4.05. The molecule has 2 rings (SSSR count). The molecule has 0 amide bonds. The monoisotopic (exact) mass is 375 g/mol. The first kappa shape index (κ1) is 16.5. The van der Waals surface area contributed by atoms with Crippen LogP contribution in [0.5, 0.6) is 0 Å². The summed E-state index contributed by atoms with van der Waals surface area (Å²) in [6, 6.07) is 7.74. The van der Waals surface area contributed by atoms with Gasteiger partial charge in [0.05, 0.1) is 18.6 Å². The molecule has 7 heteroatoms. The lowest BCUT2D eigenvalue weighted by molar-refractivity contribution is -0.149. The van der Waals surface area contributed by atoms with Crippen LogP contribution in [-0.2, 0) is 25.9 Å². The molecule has 1 saturated heterocycles. The zero-order valence-electron chi connectivity index (χ0n) is 11.8. The minimum atomic E-state index is -3.04. The van der Waals surface area contributed by atoms with E-state index in [1.807, 2.05) is 24.3 Å². The van der Waals surface area contributed by atoms with Gasteiger partial charge in [-0.1, -0.05) is 28.1 Å². The maximum atomic E-state index is 12.1. The van der Waals surface area contributed by atoms with Crippen molar-refractivity contribution in [2.24, 2.45) is 0 Å². The van der Waals surface area contributed by atoms with Gasteiger partial charge in [-0.15, -0.1) is 0 Å². The van der Waals surface area contributed by atoms with Crippen molar-refractivity contribution < 1.29 is 17.9 Å². The minimum absolute atomic E-state index is 0.00936. The topological polar surface area (TPSA) is 72.5 Å². The second-order valence-corrected chi connectivity index (χ2v) is 8.42. The highest BCUT2D eigenvalue weighted by molar-refractivity contribution is 9.10. The highest BCUT2D eigenvalue weighted by Crippen LogP contribution is 2.26. The van der Waals surface area contributed by atoms with Crippen molar-refractivity contribution in [1.29, 1.82) is 0 Å². The van der Waals surface area contributed by atoms with E-state index in [1.54, 1.807) is 0 Å².